The van der Waals surface area contributed by atoms with Crippen LogP contribution in [0.2, 0.25) is 0 Å². The summed E-state index contributed by atoms with van der Waals surface area (Å²) in [5.41, 5.74) is 4.62. The highest BCUT2D eigenvalue weighted by atomic mass is 16.3. The van der Waals surface area contributed by atoms with E-state index < -0.39 is 0 Å². The number of benzene rings is 2. The molecule has 0 spiro atoms. The van der Waals surface area contributed by atoms with Gasteiger partial charge in [-0.3, -0.25) is 0 Å². The Morgan fingerprint density at radius 3 is 2.19 bits per heavy atom. The Balaban J connectivity index is 1.87. The zero-order valence-electron chi connectivity index (χ0n) is 18.5. The van der Waals surface area contributed by atoms with E-state index >= 15 is 0 Å². The van der Waals surface area contributed by atoms with Gasteiger partial charge in [-0.1, -0.05) is 0 Å². The van der Waals surface area contributed by atoms with E-state index in [1.807, 2.05) is 51.4 Å². The Morgan fingerprint density at radius 2 is 1.48 bits per heavy atom. The summed E-state index contributed by atoms with van der Waals surface area (Å²) in [6, 6.07) is 7.22. The van der Waals surface area contributed by atoms with Crippen LogP contribution >= 0.6 is 0 Å². The molecule has 0 radical (unpaired) electrons. The van der Waals surface area contributed by atoms with E-state index in [-0.39, 0.29) is 17.4 Å². The molecule has 164 valence electrons. The maximum absolute atomic E-state index is 11.2. The number of aromatic hydroxyl groups is 3. The van der Waals surface area contributed by atoms with Crippen molar-refractivity contribution >= 4 is 21.8 Å². The van der Waals surface area contributed by atoms with Crippen molar-refractivity contribution in [2.45, 2.75) is 12.8 Å². The summed E-state index contributed by atoms with van der Waals surface area (Å²) in [7, 11) is 7.99. The molecule has 2 aromatic carbocycles. The average Bonchev–Trinajstić information content (AvgIpc) is 3.27. The number of rotatable bonds is 7. The first-order valence-corrected chi connectivity index (χ1v) is 10.4. The molecular weight excluding hydrogens is 392 g/mol. The second-order valence-corrected chi connectivity index (χ2v) is 8.64. The van der Waals surface area contributed by atoms with Gasteiger partial charge in [0.15, 0.2) is 5.88 Å². The van der Waals surface area contributed by atoms with Crippen LogP contribution in [-0.4, -0.2) is 76.4 Å². The molecule has 7 nitrogen and oxygen atoms in total. The number of aromatic amines is 2. The Kier molecular flexibility index (Phi) is 5.56. The molecule has 31 heavy (non-hydrogen) atoms. The summed E-state index contributed by atoms with van der Waals surface area (Å²) in [6.45, 7) is 1.61. The van der Waals surface area contributed by atoms with Gasteiger partial charge in [-0.25, -0.2) is 0 Å². The number of phenols is 2. The monoisotopic (exact) mass is 422 g/mol. The standard InChI is InChI=1S/C24H30N4O3/c1-27(2)11-9-14-13-25-18-7-5-16(23(30)20(14)18)15-6-8-19(29)21-17(10-12-28(3)4)24(31)26-22(15)21/h5-8,13,25-26,29-31H,9-12H2,1-4H3. The van der Waals surface area contributed by atoms with E-state index in [0.717, 1.165) is 41.5 Å². The minimum atomic E-state index is 0.0495. The van der Waals surface area contributed by atoms with Crippen LogP contribution < -0.4 is 0 Å². The lowest BCUT2D eigenvalue weighted by molar-refractivity contribution is 0.404. The quantitative estimate of drug-likeness (QED) is 0.313. The lowest BCUT2D eigenvalue weighted by Gasteiger charge is -2.12. The first kappa shape index (κ1) is 21.1. The van der Waals surface area contributed by atoms with Crippen molar-refractivity contribution in [3.8, 4) is 28.5 Å². The number of phenolic OH excluding ortho intramolecular Hbond substituents is 2. The summed E-state index contributed by atoms with van der Waals surface area (Å²) in [6.07, 6.45) is 3.35. The zero-order chi connectivity index (χ0) is 22.3. The zero-order valence-corrected chi connectivity index (χ0v) is 18.5. The fourth-order valence-electron chi connectivity index (χ4n) is 4.17. The van der Waals surface area contributed by atoms with Gasteiger partial charge in [-0.05, 0) is 70.9 Å². The molecule has 0 unspecified atom stereocenters. The van der Waals surface area contributed by atoms with Crippen LogP contribution in [-0.2, 0) is 12.8 Å². The summed E-state index contributed by atoms with van der Waals surface area (Å²) in [5, 5.41) is 33.8. The Hall–Kier alpha value is -3.16. The molecule has 0 saturated carbocycles. The van der Waals surface area contributed by atoms with E-state index in [1.165, 1.54) is 0 Å². The van der Waals surface area contributed by atoms with Gasteiger partial charge in [0.25, 0.3) is 0 Å². The van der Waals surface area contributed by atoms with E-state index in [4.69, 9.17) is 0 Å². The molecule has 2 aromatic heterocycles. The normalized spacial score (nSPS) is 12.1. The molecular formula is C24H30N4O3. The van der Waals surface area contributed by atoms with Crippen LogP contribution in [0.5, 0.6) is 17.4 Å². The maximum Gasteiger partial charge on any atom is 0.192 e. The van der Waals surface area contributed by atoms with Gasteiger partial charge in [0, 0.05) is 52.3 Å². The third-order valence-corrected chi connectivity index (χ3v) is 5.84. The van der Waals surface area contributed by atoms with Crippen molar-refractivity contribution < 1.29 is 15.3 Å². The number of nitrogens with zero attached hydrogens (tertiary/aromatic N) is 2. The molecule has 5 N–H and O–H groups in total. The van der Waals surface area contributed by atoms with Crippen LogP contribution in [0.15, 0.2) is 30.5 Å². The van der Waals surface area contributed by atoms with Crippen LogP contribution in [0.4, 0.5) is 0 Å². The second kappa shape index (κ2) is 8.17. The van der Waals surface area contributed by atoms with Gasteiger partial charge < -0.3 is 35.1 Å². The van der Waals surface area contributed by atoms with Crippen molar-refractivity contribution in [2.75, 3.05) is 41.3 Å². The molecule has 4 rings (SSSR count). The molecule has 0 saturated heterocycles. The topological polar surface area (TPSA) is 98.8 Å². The van der Waals surface area contributed by atoms with E-state index in [1.54, 1.807) is 12.1 Å². The first-order chi connectivity index (χ1) is 14.8. The fourth-order valence-corrected chi connectivity index (χ4v) is 4.17. The molecule has 2 heterocycles. The van der Waals surface area contributed by atoms with E-state index in [0.29, 0.717) is 28.5 Å². The number of hydrogen-bond acceptors (Lipinski definition) is 5. The van der Waals surface area contributed by atoms with Gasteiger partial charge in [-0.2, -0.15) is 0 Å². The predicted octanol–water partition coefficient (Wildman–Crippen LogP) is 3.64. The smallest absolute Gasteiger partial charge is 0.192 e. The summed E-state index contributed by atoms with van der Waals surface area (Å²) >= 11 is 0. The van der Waals surface area contributed by atoms with Crippen molar-refractivity contribution in [2.24, 2.45) is 0 Å². The second-order valence-electron chi connectivity index (χ2n) is 8.64. The van der Waals surface area contributed by atoms with E-state index in [2.05, 4.69) is 14.9 Å². The molecule has 0 aliphatic rings. The number of H-pyrrole nitrogens is 2. The molecule has 7 heteroatoms. The maximum atomic E-state index is 11.2. The number of aromatic nitrogens is 2. The highest BCUT2D eigenvalue weighted by molar-refractivity contribution is 6.05. The van der Waals surface area contributed by atoms with Gasteiger partial charge in [-0.15, -0.1) is 0 Å². The molecule has 0 fully saturated rings. The molecule has 4 aromatic rings. The third-order valence-electron chi connectivity index (χ3n) is 5.84. The number of hydrogen-bond donors (Lipinski definition) is 5. The highest BCUT2D eigenvalue weighted by Crippen LogP contribution is 2.44. The van der Waals surface area contributed by atoms with Crippen molar-refractivity contribution in [1.29, 1.82) is 0 Å². The Labute approximate surface area is 181 Å². The van der Waals surface area contributed by atoms with Crippen molar-refractivity contribution in [3.05, 3.63) is 41.6 Å². The van der Waals surface area contributed by atoms with Crippen molar-refractivity contribution in [3.63, 3.8) is 0 Å². The molecule has 0 aliphatic heterocycles. The fraction of sp³-hybridized carbons (Fsp3) is 0.333. The minimum Gasteiger partial charge on any atom is -0.507 e. The van der Waals surface area contributed by atoms with Crippen LogP contribution in [0, 0.1) is 0 Å². The Bertz CT molecular complexity index is 1240. The van der Waals surface area contributed by atoms with E-state index in [9.17, 15) is 15.3 Å². The third kappa shape index (κ3) is 3.82. The molecule has 0 bridgehead atoms. The van der Waals surface area contributed by atoms with Crippen molar-refractivity contribution in [1.82, 2.24) is 19.8 Å². The Morgan fingerprint density at radius 1 is 0.806 bits per heavy atom. The van der Waals surface area contributed by atoms with Gasteiger partial charge >= 0.3 is 0 Å². The SMILES string of the molecule is CN(C)CCc1c[nH]c2ccc(-c3ccc(O)c4c(CCN(C)C)c(O)[nH]c34)c(O)c12. The van der Waals surface area contributed by atoms with Crippen LogP contribution in [0.1, 0.15) is 11.1 Å². The molecule has 0 atom stereocenters. The molecule has 0 aliphatic carbocycles. The minimum absolute atomic E-state index is 0.0495. The lowest BCUT2D eigenvalue weighted by Crippen LogP contribution is -2.14. The van der Waals surface area contributed by atoms with Crippen LogP contribution in [0.25, 0.3) is 32.9 Å². The number of likely N-dealkylation sites (N-methyl/N-ethyl adjacent to an activating group) is 2. The average molecular weight is 423 g/mol. The lowest BCUT2D eigenvalue weighted by atomic mass is 9.97. The first-order valence-electron chi connectivity index (χ1n) is 10.4. The molecule has 0 amide bonds. The number of fused-ring (bicyclic) bond motifs is 2. The van der Waals surface area contributed by atoms with Crippen LogP contribution in [0.3, 0.4) is 0 Å². The summed E-state index contributed by atoms with van der Waals surface area (Å²) in [5.74, 6) is 0.356. The van der Waals surface area contributed by atoms with Gasteiger partial charge in [0.1, 0.15) is 11.5 Å². The number of nitrogens with one attached hydrogen (secondary N) is 2. The predicted molar refractivity (Wildman–Crippen MR) is 125 cm³/mol. The highest BCUT2D eigenvalue weighted by Gasteiger charge is 2.21. The summed E-state index contributed by atoms with van der Waals surface area (Å²) < 4.78 is 0. The largest absolute Gasteiger partial charge is 0.507 e. The van der Waals surface area contributed by atoms with Gasteiger partial charge in [0.05, 0.1) is 5.52 Å². The summed E-state index contributed by atoms with van der Waals surface area (Å²) in [4.78, 5) is 10.4. The van der Waals surface area contributed by atoms with Gasteiger partial charge in [0.2, 0.25) is 0 Å².